The lowest BCUT2D eigenvalue weighted by atomic mass is 10.0. The topological polar surface area (TPSA) is 72.1 Å². The molecule has 6 nitrogen and oxygen atoms in total. The summed E-state index contributed by atoms with van der Waals surface area (Å²) < 4.78 is 18.6. The van der Waals surface area contributed by atoms with E-state index < -0.39 is 5.82 Å². The lowest BCUT2D eigenvalue weighted by Crippen LogP contribution is -2.45. The predicted octanol–water partition coefficient (Wildman–Crippen LogP) is 2.86. The van der Waals surface area contributed by atoms with Crippen LogP contribution in [0.3, 0.4) is 0 Å². The van der Waals surface area contributed by atoms with Crippen molar-refractivity contribution in [1.82, 2.24) is 20.0 Å². The fourth-order valence-corrected chi connectivity index (χ4v) is 2.66. The van der Waals surface area contributed by atoms with E-state index in [9.17, 15) is 9.18 Å². The first kappa shape index (κ1) is 14.5. The summed E-state index contributed by atoms with van der Waals surface area (Å²) >= 11 is 0. The number of benzene rings is 1. The van der Waals surface area contributed by atoms with E-state index in [2.05, 4.69) is 15.1 Å². The summed E-state index contributed by atoms with van der Waals surface area (Å²) in [4.78, 5) is 22.5. The molecule has 0 unspecified atom stereocenters. The van der Waals surface area contributed by atoms with Crippen molar-refractivity contribution >= 4 is 5.91 Å². The van der Waals surface area contributed by atoms with Gasteiger partial charge in [0.1, 0.15) is 11.9 Å². The Morgan fingerprint density at radius 1 is 1.29 bits per heavy atom. The van der Waals surface area contributed by atoms with Crippen LogP contribution >= 0.6 is 0 Å². The molecule has 120 valence electrons. The highest BCUT2D eigenvalue weighted by molar-refractivity contribution is 5.94. The molecule has 3 heterocycles. The number of carbonyl (C=O) groups is 1. The van der Waals surface area contributed by atoms with Crippen molar-refractivity contribution in [2.75, 3.05) is 6.54 Å². The van der Waals surface area contributed by atoms with Gasteiger partial charge in [-0.1, -0.05) is 11.2 Å². The Morgan fingerprint density at radius 2 is 2.21 bits per heavy atom. The highest BCUT2D eigenvalue weighted by Crippen LogP contribution is 2.34. The van der Waals surface area contributed by atoms with Crippen LogP contribution in [0.15, 0.2) is 53.3 Å². The zero-order chi connectivity index (χ0) is 16.5. The van der Waals surface area contributed by atoms with Crippen LogP contribution < -0.4 is 0 Å². The molecule has 4 rings (SSSR count). The number of pyridine rings is 1. The maximum atomic E-state index is 13.3. The third-order valence-corrected chi connectivity index (χ3v) is 4.00. The van der Waals surface area contributed by atoms with Gasteiger partial charge in [-0.15, -0.1) is 0 Å². The standard InChI is InChI=1S/C17H13FN4O2/c18-13-5-1-3-11(9-13)17(23)22-8-6-14(22)16-20-15(21-24-16)12-4-2-7-19-10-12/h1-5,7,9-10,14H,6,8H2/t14-/m0/s1. The summed E-state index contributed by atoms with van der Waals surface area (Å²) in [6.45, 7) is 0.574. The van der Waals surface area contributed by atoms with Gasteiger partial charge in [0.2, 0.25) is 11.7 Å². The molecule has 1 saturated heterocycles. The van der Waals surface area contributed by atoms with E-state index >= 15 is 0 Å². The van der Waals surface area contributed by atoms with Crippen LogP contribution in [0.25, 0.3) is 11.4 Å². The van der Waals surface area contributed by atoms with Crippen molar-refractivity contribution < 1.29 is 13.7 Å². The average molecular weight is 324 g/mol. The zero-order valence-corrected chi connectivity index (χ0v) is 12.6. The summed E-state index contributed by atoms with van der Waals surface area (Å²) in [7, 11) is 0. The predicted molar refractivity (Wildman–Crippen MR) is 82.3 cm³/mol. The molecule has 0 radical (unpaired) electrons. The van der Waals surface area contributed by atoms with Gasteiger partial charge in [0.15, 0.2) is 0 Å². The zero-order valence-electron chi connectivity index (χ0n) is 12.6. The second-order valence-electron chi connectivity index (χ2n) is 5.51. The molecular formula is C17H13FN4O2. The maximum Gasteiger partial charge on any atom is 0.254 e. The first-order chi connectivity index (χ1) is 11.7. The first-order valence-corrected chi connectivity index (χ1v) is 7.53. The summed E-state index contributed by atoms with van der Waals surface area (Å²) in [6.07, 6.45) is 4.04. The Bertz CT molecular complexity index is 881. The highest BCUT2D eigenvalue weighted by atomic mass is 19.1. The minimum Gasteiger partial charge on any atom is -0.337 e. The molecule has 1 atom stereocenters. The van der Waals surface area contributed by atoms with E-state index in [1.807, 2.05) is 6.07 Å². The molecule has 0 N–H and O–H groups in total. The smallest absolute Gasteiger partial charge is 0.254 e. The van der Waals surface area contributed by atoms with Crippen molar-refractivity contribution in [3.63, 3.8) is 0 Å². The molecule has 1 aliphatic heterocycles. The van der Waals surface area contributed by atoms with E-state index in [0.29, 0.717) is 23.8 Å². The molecule has 1 aromatic carbocycles. The average Bonchev–Trinajstić information content (AvgIpc) is 3.04. The first-order valence-electron chi connectivity index (χ1n) is 7.53. The fourth-order valence-electron chi connectivity index (χ4n) is 2.66. The molecule has 1 aliphatic rings. The molecule has 0 bridgehead atoms. The number of halogens is 1. The highest BCUT2D eigenvalue weighted by Gasteiger charge is 2.38. The number of rotatable bonds is 3. The summed E-state index contributed by atoms with van der Waals surface area (Å²) in [5.74, 6) is 0.134. The molecule has 7 heteroatoms. The van der Waals surface area contributed by atoms with Gasteiger partial charge in [0.05, 0.1) is 0 Å². The molecule has 1 fully saturated rings. The number of hydrogen-bond acceptors (Lipinski definition) is 5. The Labute approximate surface area is 136 Å². The fraction of sp³-hybridized carbons (Fsp3) is 0.176. The summed E-state index contributed by atoms with van der Waals surface area (Å²) in [6, 6.07) is 8.99. The monoisotopic (exact) mass is 324 g/mol. The number of aromatic nitrogens is 3. The minimum absolute atomic E-state index is 0.244. The van der Waals surface area contributed by atoms with E-state index in [1.54, 1.807) is 29.4 Å². The normalized spacial score (nSPS) is 16.7. The van der Waals surface area contributed by atoms with E-state index in [1.165, 1.54) is 18.2 Å². The second-order valence-corrected chi connectivity index (χ2v) is 5.51. The molecule has 0 spiro atoms. The van der Waals surface area contributed by atoms with E-state index in [-0.39, 0.29) is 11.9 Å². The van der Waals surface area contributed by atoms with Crippen molar-refractivity contribution in [2.24, 2.45) is 0 Å². The van der Waals surface area contributed by atoms with Crippen molar-refractivity contribution in [1.29, 1.82) is 0 Å². The van der Waals surface area contributed by atoms with Crippen LogP contribution in [0.4, 0.5) is 4.39 Å². The van der Waals surface area contributed by atoms with Crippen LogP contribution in [-0.2, 0) is 0 Å². The van der Waals surface area contributed by atoms with Gasteiger partial charge in [-0.05, 0) is 36.8 Å². The molecule has 3 aromatic rings. The van der Waals surface area contributed by atoms with Crippen LogP contribution in [-0.4, -0.2) is 32.5 Å². The van der Waals surface area contributed by atoms with Crippen LogP contribution in [0.1, 0.15) is 28.7 Å². The molecule has 1 amide bonds. The quantitative estimate of drug-likeness (QED) is 0.741. The molecule has 24 heavy (non-hydrogen) atoms. The number of nitrogens with zero attached hydrogens (tertiary/aromatic N) is 4. The molecule has 2 aromatic heterocycles. The van der Waals surface area contributed by atoms with Crippen molar-refractivity contribution in [3.8, 4) is 11.4 Å². The number of carbonyl (C=O) groups excluding carboxylic acids is 1. The van der Waals surface area contributed by atoms with E-state index in [0.717, 1.165) is 12.0 Å². The molecule has 0 saturated carbocycles. The molecular weight excluding hydrogens is 311 g/mol. The van der Waals surface area contributed by atoms with Crippen LogP contribution in [0.5, 0.6) is 0 Å². The molecule has 0 aliphatic carbocycles. The van der Waals surface area contributed by atoms with Gasteiger partial charge in [-0.2, -0.15) is 4.98 Å². The van der Waals surface area contributed by atoms with Crippen LogP contribution in [0, 0.1) is 5.82 Å². The Hall–Kier alpha value is -3.09. The van der Waals surface area contributed by atoms with Crippen LogP contribution in [0.2, 0.25) is 0 Å². The largest absolute Gasteiger partial charge is 0.337 e. The third kappa shape index (κ3) is 2.54. The Morgan fingerprint density at radius 3 is 2.92 bits per heavy atom. The second kappa shape index (κ2) is 5.84. The summed E-state index contributed by atoms with van der Waals surface area (Å²) in [5, 5.41) is 3.95. The third-order valence-electron chi connectivity index (χ3n) is 4.00. The lowest BCUT2D eigenvalue weighted by molar-refractivity contribution is 0.0378. The van der Waals surface area contributed by atoms with Gasteiger partial charge < -0.3 is 9.42 Å². The van der Waals surface area contributed by atoms with Gasteiger partial charge in [0, 0.05) is 30.1 Å². The van der Waals surface area contributed by atoms with Gasteiger partial charge in [0.25, 0.3) is 5.91 Å². The van der Waals surface area contributed by atoms with Gasteiger partial charge >= 0.3 is 0 Å². The van der Waals surface area contributed by atoms with Crippen molar-refractivity contribution in [2.45, 2.75) is 12.5 Å². The minimum atomic E-state index is -0.436. The van der Waals surface area contributed by atoms with E-state index in [4.69, 9.17) is 4.52 Å². The maximum absolute atomic E-state index is 13.3. The number of hydrogen-bond donors (Lipinski definition) is 0. The summed E-state index contributed by atoms with van der Waals surface area (Å²) in [5.41, 5.74) is 1.06. The Kier molecular flexibility index (Phi) is 3.53. The number of amides is 1. The van der Waals surface area contributed by atoms with Gasteiger partial charge in [-0.25, -0.2) is 4.39 Å². The lowest BCUT2D eigenvalue weighted by Gasteiger charge is -2.38. The number of likely N-dealkylation sites (tertiary alicyclic amines) is 1. The SMILES string of the molecule is O=C(c1cccc(F)c1)N1CC[C@H]1c1nc(-c2cccnc2)no1. The van der Waals surface area contributed by atoms with Crippen molar-refractivity contribution in [3.05, 3.63) is 66.1 Å². The van der Waals surface area contributed by atoms with Gasteiger partial charge in [-0.3, -0.25) is 9.78 Å². The Balaban J connectivity index is 1.55.